The Balaban J connectivity index is 1.71. The van der Waals surface area contributed by atoms with Gasteiger partial charge in [-0.3, -0.25) is 4.79 Å². The number of fused-ring (bicyclic) bond motifs is 1. The van der Waals surface area contributed by atoms with Gasteiger partial charge in [0.2, 0.25) is 0 Å². The van der Waals surface area contributed by atoms with Crippen molar-refractivity contribution in [3.05, 3.63) is 47.3 Å². The summed E-state index contributed by atoms with van der Waals surface area (Å²) in [6, 6.07) is 9.99. The minimum Gasteiger partial charge on any atom is -0.391 e. The summed E-state index contributed by atoms with van der Waals surface area (Å²) in [7, 11) is 0. The van der Waals surface area contributed by atoms with Crippen LogP contribution < -0.4 is 0 Å². The molecule has 0 spiro atoms. The highest BCUT2D eigenvalue weighted by atomic mass is 16.3. The van der Waals surface area contributed by atoms with Crippen molar-refractivity contribution in [1.29, 1.82) is 0 Å². The largest absolute Gasteiger partial charge is 0.391 e. The maximum atomic E-state index is 12.9. The van der Waals surface area contributed by atoms with Crippen molar-refractivity contribution in [2.75, 3.05) is 13.1 Å². The average molecular weight is 311 g/mol. The Morgan fingerprint density at radius 3 is 2.78 bits per heavy atom. The van der Waals surface area contributed by atoms with E-state index in [1.165, 1.54) is 0 Å². The molecule has 5 heteroatoms. The van der Waals surface area contributed by atoms with Gasteiger partial charge in [0.1, 0.15) is 0 Å². The molecule has 2 heterocycles. The zero-order valence-electron chi connectivity index (χ0n) is 13.1. The van der Waals surface area contributed by atoms with E-state index in [-0.39, 0.29) is 5.91 Å². The van der Waals surface area contributed by atoms with Crippen molar-refractivity contribution in [3.8, 4) is 5.69 Å². The van der Waals surface area contributed by atoms with E-state index >= 15 is 0 Å². The Kier molecular flexibility index (Phi) is 3.65. The topological polar surface area (TPSA) is 58.4 Å². The number of rotatable bonds is 2. The number of β-amino-alcohol motifs (C(OH)–C–C–N with tert-alkyl or cyclic N) is 1. The number of likely N-dealkylation sites (tertiary alicyclic amines) is 1. The molecule has 2 aliphatic rings. The smallest absolute Gasteiger partial charge is 0.274 e. The SMILES string of the molecule is O=C(c1nn(-c2ccccc2)c2c1CCC2)N1CCCC(O)C1. The number of hydrogen-bond donors (Lipinski definition) is 1. The summed E-state index contributed by atoms with van der Waals surface area (Å²) in [5, 5.41) is 14.5. The summed E-state index contributed by atoms with van der Waals surface area (Å²) >= 11 is 0. The number of hydrogen-bond acceptors (Lipinski definition) is 3. The number of benzene rings is 1. The lowest BCUT2D eigenvalue weighted by Crippen LogP contribution is -2.42. The Hall–Kier alpha value is -2.14. The lowest BCUT2D eigenvalue weighted by molar-refractivity contribution is 0.0467. The molecule has 0 bridgehead atoms. The van der Waals surface area contributed by atoms with Crippen LogP contribution >= 0.6 is 0 Å². The third-order valence-electron chi connectivity index (χ3n) is 4.82. The second-order valence-corrected chi connectivity index (χ2v) is 6.42. The van der Waals surface area contributed by atoms with Crippen molar-refractivity contribution in [1.82, 2.24) is 14.7 Å². The summed E-state index contributed by atoms with van der Waals surface area (Å²) in [5.74, 6) is -0.0309. The van der Waals surface area contributed by atoms with Gasteiger partial charge in [0.25, 0.3) is 5.91 Å². The van der Waals surface area contributed by atoms with Crippen LogP contribution in [0.3, 0.4) is 0 Å². The minimum absolute atomic E-state index is 0.0309. The first-order valence-corrected chi connectivity index (χ1v) is 8.37. The van der Waals surface area contributed by atoms with Crippen LogP contribution in [0.1, 0.15) is 41.0 Å². The number of carbonyl (C=O) groups is 1. The molecule has 1 aliphatic heterocycles. The molecule has 0 saturated carbocycles. The Bertz CT molecular complexity index is 723. The van der Waals surface area contributed by atoms with Crippen LogP contribution in [-0.4, -0.2) is 44.9 Å². The van der Waals surface area contributed by atoms with Gasteiger partial charge in [-0.1, -0.05) is 18.2 Å². The predicted octanol–water partition coefficient (Wildman–Crippen LogP) is 1.96. The maximum absolute atomic E-state index is 12.9. The fourth-order valence-electron chi connectivity index (χ4n) is 3.68. The predicted molar refractivity (Wildman–Crippen MR) is 86.7 cm³/mol. The van der Waals surface area contributed by atoms with Gasteiger partial charge in [0, 0.05) is 24.3 Å². The van der Waals surface area contributed by atoms with E-state index in [1.54, 1.807) is 4.90 Å². The zero-order valence-corrected chi connectivity index (χ0v) is 13.1. The molecule has 1 aliphatic carbocycles. The van der Waals surface area contributed by atoms with Crippen LogP contribution in [0.15, 0.2) is 30.3 Å². The molecule has 1 aromatic carbocycles. The standard InChI is InChI=1S/C18H21N3O2/c22-14-8-5-11-20(12-14)18(23)17-15-9-4-10-16(15)21(19-17)13-6-2-1-3-7-13/h1-3,6-7,14,22H,4-5,8-12H2. The third-order valence-corrected chi connectivity index (χ3v) is 4.82. The van der Waals surface area contributed by atoms with E-state index in [9.17, 15) is 9.90 Å². The highest BCUT2D eigenvalue weighted by Gasteiger charge is 2.31. The number of para-hydroxylation sites is 1. The lowest BCUT2D eigenvalue weighted by atomic mass is 10.1. The van der Waals surface area contributed by atoms with Crippen LogP contribution in [-0.2, 0) is 12.8 Å². The highest BCUT2D eigenvalue weighted by molar-refractivity contribution is 5.94. The van der Waals surface area contributed by atoms with Crippen molar-refractivity contribution >= 4 is 5.91 Å². The molecule has 23 heavy (non-hydrogen) atoms. The molecule has 4 rings (SSSR count). The molecule has 1 fully saturated rings. The molecule has 120 valence electrons. The van der Waals surface area contributed by atoms with Crippen molar-refractivity contribution in [2.45, 2.75) is 38.2 Å². The zero-order chi connectivity index (χ0) is 15.8. The molecule has 1 aromatic heterocycles. The number of aliphatic hydroxyl groups is 1. The van der Waals surface area contributed by atoms with Gasteiger partial charge in [0.05, 0.1) is 11.8 Å². The molecule has 1 atom stereocenters. The van der Waals surface area contributed by atoms with Crippen molar-refractivity contribution < 1.29 is 9.90 Å². The van der Waals surface area contributed by atoms with Gasteiger partial charge in [0.15, 0.2) is 5.69 Å². The van der Waals surface area contributed by atoms with Crippen LogP contribution in [0.2, 0.25) is 0 Å². The fraction of sp³-hybridized carbons (Fsp3) is 0.444. The van der Waals surface area contributed by atoms with Crippen LogP contribution in [0.4, 0.5) is 0 Å². The quantitative estimate of drug-likeness (QED) is 0.922. The summed E-state index contributed by atoms with van der Waals surface area (Å²) in [4.78, 5) is 14.6. The van der Waals surface area contributed by atoms with E-state index in [1.807, 2.05) is 35.0 Å². The fourth-order valence-corrected chi connectivity index (χ4v) is 3.68. The van der Waals surface area contributed by atoms with Crippen molar-refractivity contribution in [3.63, 3.8) is 0 Å². The number of nitrogens with zero attached hydrogens (tertiary/aromatic N) is 3. The molecule has 0 radical (unpaired) electrons. The van der Waals surface area contributed by atoms with Crippen LogP contribution in [0.5, 0.6) is 0 Å². The van der Waals surface area contributed by atoms with Crippen LogP contribution in [0.25, 0.3) is 5.69 Å². The number of aliphatic hydroxyl groups excluding tert-OH is 1. The Labute approximate surface area is 135 Å². The minimum atomic E-state index is -0.406. The molecule has 5 nitrogen and oxygen atoms in total. The monoisotopic (exact) mass is 311 g/mol. The van der Waals surface area contributed by atoms with Crippen molar-refractivity contribution in [2.24, 2.45) is 0 Å². The van der Waals surface area contributed by atoms with Gasteiger partial charge in [-0.15, -0.1) is 0 Å². The van der Waals surface area contributed by atoms with Gasteiger partial charge >= 0.3 is 0 Å². The second kappa shape index (κ2) is 5.81. The highest BCUT2D eigenvalue weighted by Crippen LogP contribution is 2.29. The average Bonchev–Trinajstić information content (AvgIpc) is 3.17. The lowest BCUT2D eigenvalue weighted by Gasteiger charge is -2.29. The summed E-state index contributed by atoms with van der Waals surface area (Å²) in [6.07, 6.45) is 4.18. The second-order valence-electron chi connectivity index (χ2n) is 6.42. The van der Waals surface area contributed by atoms with Gasteiger partial charge < -0.3 is 10.0 Å². The Morgan fingerprint density at radius 1 is 1.17 bits per heavy atom. The summed E-state index contributed by atoms with van der Waals surface area (Å²) in [5.41, 5.74) is 3.84. The molecule has 1 saturated heterocycles. The first-order chi connectivity index (χ1) is 11.2. The number of piperidine rings is 1. The molecule has 1 N–H and O–H groups in total. The molecular weight excluding hydrogens is 290 g/mol. The van der Waals surface area contributed by atoms with E-state index < -0.39 is 6.10 Å². The third kappa shape index (κ3) is 2.55. The van der Waals surface area contributed by atoms with E-state index in [0.29, 0.717) is 18.8 Å². The van der Waals surface area contributed by atoms with Gasteiger partial charge in [-0.2, -0.15) is 5.10 Å². The first kappa shape index (κ1) is 14.5. The molecular formula is C18H21N3O2. The molecule has 1 amide bonds. The summed E-state index contributed by atoms with van der Waals surface area (Å²) < 4.78 is 1.93. The normalized spacial score (nSPS) is 20.6. The number of aromatic nitrogens is 2. The van der Waals surface area contributed by atoms with Gasteiger partial charge in [-0.05, 0) is 44.2 Å². The molecule has 2 aromatic rings. The number of amides is 1. The molecule has 1 unspecified atom stereocenters. The maximum Gasteiger partial charge on any atom is 0.274 e. The van der Waals surface area contributed by atoms with Gasteiger partial charge in [-0.25, -0.2) is 4.68 Å². The van der Waals surface area contributed by atoms with E-state index in [2.05, 4.69) is 5.10 Å². The number of carbonyl (C=O) groups excluding carboxylic acids is 1. The first-order valence-electron chi connectivity index (χ1n) is 8.37. The van der Waals surface area contributed by atoms with Crippen LogP contribution in [0, 0.1) is 0 Å². The van der Waals surface area contributed by atoms with E-state index in [4.69, 9.17) is 0 Å². The summed E-state index contributed by atoms with van der Waals surface area (Å²) in [6.45, 7) is 1.13. The Morgan fingerprint density at radius 2 is 2.00 bits per heavy atom. The van der Waals surface area contributed by atoms with E-state index in [0.717, 1.165) is 49.0 Å².